The summed E-state index contributed by atoms with van der Waals surface area (Å²) in [6.07, 6.45) is 0.691. The zero-order chi connectivity index (χ0) is 18.6. The van der Waals surface area contributed by atoms with E-state index in [4.69, 9.17) is 14.0 Å². The van der Waals surface area contributed by atoms with Gasteiger partial charge < -0.3 is 24.6 Å². The molecule has 1 aliphatic rings. The monoisotopic (exact) mass is 366 g/mol. The average molecular weight is 366 g/mol. The molecule has 0 bridgehead atoms. The number of nitrogens with zero attached hydrogens (tertiary/aromatic N) is 2. The molecule has 1 aliphatic heterocycles. The molecule has 0 radical (unpaired) electrons. The maximum Gasteiger partial charge on any atom is 0.319 e. The van der Waals surface area contributed by atoms with E-state index in [9.17, 15) is 4.79 Å². The number of amides is 2. The van der Waals surface area contributed by atoms with E-state index in [2.05, 4.69) is 20.8 Å². The average Bonchev–Trinajstić information content (AvgIpc) is 3.36. The number of benzene rings is 2. The first kappa shape index (κ1) is 16.9. The van der Waals surface area contributed by atoms with Crippen LogP contribution in [0.3, 0.4) is 0 Å². The molecular formula is C19H18N4O4. The Morgan fingerprint density at radius 1 is 1.11 bits per heavy atom. The van der Waals surface area contributed by atoms with Crippen molar-refractivity contribution < 1.29 is 18.8 Å². The maximum atomic E-state index is 12.1. The van der Waals surface area contributed by atoms with Gasteiger partial charge in [-0.3, -0.25) is 0 Å². The number of nitrogens with one attached hydrogen (secondary N) is 2. The van der Waals surface area contributed by atoms with Crippen LogP contribution < -0.4 is 20.1 Å². The minimum Gasteiger partial charge on any atom is -0.454 e. The number of carbonyl (C=O) groups excluding carboxylic acids is 1. The smallest absolute Gasteiger partial charge is 0.319 e. The standard InChI is InChI=1S/C19H18N4O4/c1-2-17-22-18(23-27-17)13-4-6-14(7-5-13)21-19(24)20-10-12-3-8-15-16(9-12)26-11-25-15/h3-9H,2,10-11H2,1H3,(H2,20,21,24). The lowest BCUT2D eigenvalue weighted by atomic mass is 10.2. The number of hydrogen-bond donors (Lipinski definition) is 2. The minimum absolute atomic E-state index is 0.228. The van der Waals surface area contributed by atoms with Gasteiger partial charge in [0.1, 0.15) is 0 Å². The van der Waals surface area contributed by atoms with Gasteiger partial charge in [-0.25, -0.2) is 4.79 Å². The number of anilines is 1. The normalized spacial score (nSPS) is 12.0. The second-order valence-electron chi connectivity index (χ2n) is 5.94. The first-order valence-electron chi connectivity index (χ1n) is 8.57. The van der Waals surface area contributed by atoms with E-state index >= 15 is 0 Å². The Morgan fingerprint density at radius 3 is 2.70 bits per heavy atom. The number of urea groups is 1. The van der Waals surface area contributed by atoms with Gasteiger partial charge in [0, 0.05) is 24.2 Å². The molecule has 0 saturated carbocycles. The van der Waals surface area contributed by atoms with Crippen LogP contribution in [-0.2, 0) is 13.0 Å². The van der Waals surface area contributed by atoms with Crippen molar-refractivity contribution >= 4 is 11.7 Å². The highest BCUT2D eigenvalue weighted by atomic mass is 16.7. The SMILES string of the molecule is CCc1nc(-c2ccc(NC(=O)NCc3ccc4c(c3)OCO4)cc2)no1. The van der Waals surface area contributed by atoms with Crippen LogP contribution in [0.5, 0.6) is 11.5 Å². The van der Waals surface area contributed by atoms with E-state index < -0.39 is 0 Å². The number of hydrogen-bond acceptors (Lipinski definition) is 6. The van der Waals surface area contributed by atoms with Gasteiger partial charge in [-0.1, -0.05) is 18.1 Å². The van der Waals surface area contributed by atoms with Gasteiger partial charge in [-0.15, -0.1) is 0 Å². The molecule has 8 nitrogen and oxygen atoms in total. The fraction of sp³-hybridized carbons (Fsp3) is 0.211. The predicted molar refractivity (Wildman–Crippen MR) is 97.5 cm³/mol. The Morgan fingerprint density at radius 2 is 1.93 bits per heavy atom. The van der Waals surface area contributed by atoms with E-state index in [1.807, 2.05) is 37.3 Å². The largest absolute Gasteiger partial charge is 0.454 e. The topological polar surface area (TPSA) is 98.5 Å². The number of ether oxygens (including phenoxy) is 2. The molecule has 0 fully saturated rings. The Hall–Kier alpha value is -3.55. The molecule has 0 saturated heterocycles. The Balaban J connectivity index is 1.32. The highest BCUT2D eigenvalue weighted by Crippen LogP contribution is 2.32. The summed E-state index contributed by atoms with van der Waals surface area (Å²) in [5.41, 5.74) is 2.42. The van der Waals surface area contributed by atoms with Crippen molar-refractivity contribution in [1.82, 2.24) is 15.5 Å². The van der Waals surface area contributed by atoms with E-state index in [0.29, 0.717) is 36.1 Å². The lowest BCUT2D eigenvalue weighted by Gasteiger charge is -2.08. The number of aryl methyl sites for hydroxylation is 1. The molecule has 1 aromatic heterocycles. The minimum atomic E-state index is -0.298. The maximum absolute atomic E-state index is 12.1. The van der Waals surface area contributed by atoms with Crippen LogP contribution >= 0.6 is 0 Å². The quantitative estimate of drug-likeness (QED) is 0.718. The van der Waals surface area contributed by atoms with Crippen LogP contribution in [0.4, 0.5) is 10.5 Å². The Bertz CT molecular complexity index is 953. The van der Waals surface area contributed by atoms with Crippen molar-refractivity contribution in [2.45, 2.75) is 19.9 Å². The van der Waals surface area contributed by atoms with Crippen LogP contribution in [0, 0.1) is 0 Å². The van der Waals surface area contributed by atoms with Crippen molar-refractivity contribution in [2.75, 3.05) is 12.1 Å². The number of carbonyl (C=O) groups is 1. The molecule has 4 rings (SSSR count). The zero-order valence-electron chi connectivity index (χ0n) is 14.7. The summed E-state index contributed by atoms with van der Waals surface area (Å²) < 4.78 is 15.7. The first-order chi connectivity index (χ1) is 13.2. The third kappa shape index (κ3) is 3.84. The first-order valence-corrected chi connectivity index (χ1v) is 8.57. The van der Waals surface area contributed by atoms with Crippen LogP contribution in [-0.4, -0.2) is 23.0 Å². The van der Waals surface area contributed by atoms with Gasteiger partial charge in [0.15, 0.2) is 11.5 Å². The molecule has 0 spiro atoms. The number of fused-ring (bicyclic) bond motifs is 1. The van der Waals surface area contributed by atoms with Crippen molar-refractivity contribution in [3.63, 3.8) is 0 Å². The summed E-state index contributed by atoms with van der Waals surface area (Å²) in [6.45, 7) is 2.56. The molecular weight excluding hydrogens is 348 g/mol. The molecule has 2 amide bonds. The van der Waals surface area contributed by atoms with Gasteiger partial charge in [-0.2, -0.15) is 4.98 Å². The van der Waals surface area contributed by atoms with E-state index in [0.717, 1.165) is 16.9 Å². The summed E-state index contributed by atoms with van der Waals surface area (Å²) >= 11 is 0. The summed E-state index contributed by atoms with van der Waals surface area (Å²) in [5, 5.41) is 9.53. The fourth-order valence-electron chi connectivity index (χ4n) is 2.63. The van der Waals surface area contributed by atoms with Crippen LogP contribution in [0.1, 0.15) is 18.4 Å². The number of aromatic nitrogens is 2. The second kappa shape index (κ2) is 7.36. The van der Waals surface area contributed by atoms with E-state index in [1.54, 1.807) is 12.1 Å². The molecule has 2 N–H and O–H groups in total. The van der Waals surface area contributed by atoms with Gasteiger partial charge in [0.05, 0.1) is 0 Å². The summed E-state index contributed by atoms with van der Waals surface area (Å²) in [6, 6.07) is 12.5. The lowest BCUT2D eigenvalue weighted by Crippen LogP contribution is -2.28. The lowest BCUT2D eigenvalue weighted by molar-refractivity contribution is 0.174. The molecule has 8 heteroatoms. The fourth-order valence-corrected chi connectivity index (χ4v) is 2.63. The Kier molecular flexibility index (Phi) is 4.61. The third-order valence-electron chi connectivity index (χ3n) is 4.06. The molecule has 2 heterocycles. The van der Waals surface area contributed by atoms with Crippen molar-refractivity contribution in [1.29, 1.82) is 0 Å². The van der Waals surface area contributed by atoms with Crippen LogP contribution in [0.15, 0.2) is 47.0 Å². The molecule has 0 unspecified atom stereocenters. The summed E-state index contributed by atoms with van der Waals surface area (Å²) in [7, 11) is 0. The van der Waals surface area contributed by atoms with Crippen molar-refractivity contribution in [3.05, 3.63) is 53.9 Å². The zero-order valence-corrected chi connectivity index (χ0v) is 14.7. The Labute approximate surface area is 155 Å². The highest BCUT2D eigenvalue weighted by molar-refractivity contribution is 5.89. The van der Waals surface area contributed by atoms with Gasteiger partial charge >= 0.3 is 6.03 Å². The molecule has 0 aliphatic carbocycles. The molecule has 0 atom stereocenters. The van der Waals surface area contributed by atoms with E-state index in [-0.39, 0.29) is 12.8 Å². The van der Waals surface area contributed by atoms with Crippen LogP contribution in [0.2, 0.25) is 0 Å². The molecule has 3 aromatic rings. The van der Waals surface area contributed by atoms with Crippen molar-refractivity contribution in [3.8, 4) is 22.9 Å². The van der Waals surface area contributed by atoms with E-state index in [1.165, 1.54) is 0 Å². The van der Waals surface area contributed by atoms with Crippen molar-refractivity contribution in [2.24, 2.45) is 0 Å². The number of rotatable bonds is 5. The van der Waals surface area contributed by atoms with Gasteiger partial charge in [-0.05, 0) is 42.0 Å². The summed E-state index contributed by atoms with van der Waals surface area (Å²) in [5.74, 6) is 2.54. The second-order valence-corrected chi connectivity index (χ2v) is 5.94. The third-order valence-corrected chi connectivity index (χ3v) is 4.06. The molecule has 138 valence electrons. The van der Waals surface area contributed by atoms with Gasteiger partial charge in [0.2, 0.25) is 18.5 Å². The molecule has 2 aromatic carbocycles. The molecule has 27 heavy (non-hydrogen) atoms. The van der Waals surface area contributed by atoms with Crippen LogP contribution in [0.25, 0.3) is 11.4 Å². The van der Waals surface area contributed by atoms with Gasteiger partial charge in [0.25, 0.3) is 0 Å². The highest BCUT2D eigenvalue weighted by Gasteiger charge is 2.13. The predicted octanol–water partition coefficient (Wildman–Crippen LogP) is 3.35. The summed E-state index contributed by atoms with van der Waals surface area (Å²) in [4.78, 5) is 16.4.